The van der Waals surface area contributed by atoms with Crippen molar-refractivity contribution in [3.63, 3.8) is 0 Å². The molecule has 0 aromatic rings. The van der Waals surface area contributed by atoms with Gasteiger partial charge in [0.05, 0.1) is 0 Å². The average molecular weight is 190 g/mol. The molecule has 0 atom stereocenters. The highest BCUT2D eigenvalue weighted by molar-refractivity contribution is 5.37. The Morgan fingerprint density at radius 3 is 1.93 bits per heavy atom. The van der Waals surface area contributed by atoms with E-state index >= 15 is 0 Å². The van der Waals surface area contributed by atoms with Gasteiger partial charge in [-0.3, -0.25) is 0 Å². The molecule has 0 aromatic carbocycles. The molecule has 0 radical (unpaired) electrons. The van der Waals surface area contributed by atoms with Crippen molar-refractivity contribution in [2.45, 2.75) is 25.7 Å². The van der Waals surface area contributed by atoms with Gasteiger partial charge in [-0.1, -0.05) is 0 Å². The lowest BCUT2D eigenvalue weighted by molar-refractivity contribution is 0.564. The van der Waals surface area contributed by atoms with E-state index in [2.05, 4.69) is 9.98 Å². The molecule has 4 nitrogen and oxygen atoms in total. The summed E-state index contributed by atoms with van der Waals surface area (Å²) in [5, 5.41) is 0. The van der Waals surface area contributed by atoms with E-state index in [1.165, 1.54) is 24.6 Å². The SMILES string of the molecule is O=C=NC=C1CCCC(=CN=C=O)C1. The van der Waals surface area contributed by atoms with E-state index in [-0.39, 0.29) is 0 Å². The van der Waals surface area contributed by atoms with Gasteiger partial charge in [0.2, 0.25) is 12.2 Å². The maximum absolute atomic E-state index is 9.88. The van der Waals surface area contributed by atoms with Crippen LogP contribution in [0.3, 0.4) is 0 Å². The van der Waals surface area contributed by atoms with Crippen molar-refractivity contribution in [1.29, 1.82) is 0 Å². The van der Waals surface area contributed by atoms with Gasteiger partial charge in [0.15, 0.2) is 0 Å². The number of hydrogen-bond donors (Lipinski definition) is 0. The summed E-state index contributed by atoms with van der Waals surface area (Å²) in [5.74, 6) is 0. The van der Waals surface area contributed by atoms with Crippen LogP contribution in [-0.4, -0.2) is 12.2 Å². The normalized spacial score (nSPS) is 21.4. The van der Waals surface area contributed by atoms with Crippen LogP contribution in [0.4, 0.5) is 0 Å². The van der Waals surface area contributed by atoms with Crippen molar-refractivity contribution in [2.24, 2.45) is 9.98 Å². The molecule has 0 unspecified atom stereocenters. The Hall–Kier alpha value is -1.76. The van der Waals surface area contributed by atoms with E-state index in [1.807, 2.05) is 0 Å². The Balaban J connectivity index is 2.68. The average Bonchev–Trinajstić information content (AvgIpc) is 2.24. The largest absolute Gasteiger partial charge is 0.239 e. The lowest BCUT2D eigenvalue weighted by Gasteiger charge is -2.15. The summed E-state index contributed by atoms with van der Waals surface area (Å²) in [6.45, 7) is 0. The second-order valence-corrected chi connectivity index (χ2v) is 3.05. The fourth-order valence-corrected chi connectivity index (χ4v) is 1.47. The second-order valence-electron chi connectivity index (χ2n) is 3.05. The zero-order chi connectivity index (χ0) is 10.2. The number of nitrogens with zero attached hydrogens (tertiary/aromatic N) is 2. The maximum Gasteiger partial charge on any atom is 0.239 e. The molecule has 1 fully saturated rings. The molecule has 0 bridgehead atoms. The minimum Gasteiger partial charge on any atom is -0.211 e. The van der Waals surface area contributed by atoms with Crippen molar-refractivity contribution in [3.8, 4) is 0 Å². The zero-order valence-corrected chi connectivity index (χ0v) is 7.69. The lowest BCUT2D eigenvalue weighted by atomic mass is 9.91. The first-order valence-electron chi connectivity index (χ1n) is 4.36. The number of allylic oxidation sites excluding steroid dienone is 2. The van der Waals surface area contributed by atoms with E-state index in [0.29, 0.717) is 0 Å². The molecule has 0 heterocycles. The van der Waals surface area contributed by atoms with Crippen LogP contribution in [0.25, 0.3) is 0 Å². The van der Waals surface area contributed by atoms with E-state index < -0.39 is 0 Å². The highest BCUT2D eigenvalue weighted by Gasteiger charge is 2.09. The van der Waals surface area contributed by atoms with Crippen LogP contribution in [0.5, 0.6) is 0 Å². The van der Waals surface area contributed by atoms with Crippen LogP contribution in [0.15, 0.2) is 33.5 Å². The molecule has 0 spiro atoms. The van der Waals surface area contributed by atoms with Gasteiger partial charge in [0.1, 0.15) is 0 Å². The van der Waals surface area contributed by atoms with Crippen molar-refractivity contribution < 1.29 is 9.59 Å². The first kappa shape index (κ1) is 10.3. The van der Waals surface area contributed by atoms with Crippen LogP contribution >= 0.6 is 0 Å². The monoisotopic (exact) mass is 190 g/mol. The van der Waals surface area contributed by atoms with Crippen molar-refractivity contribution in [1.82, 2.24) is 0 Å². The molecule has 14 heavy (non-hydrogen) atoms. The smallest absolute Gasteiger partial charge is 0.211 e. The molecular weight excluding hydrogens is 180 g/mol. The van der Waals surface area contributed by atoms with Crippen molar-refractivity contribution >= 4 is 12.2 Å². The van der Waals surface area contributed by atoms with Crippen molar-refractivity contribution in [3.05, 3.63) is 23.5 Å². The van der Waals surface area contributed by atoms with Gasteiger partial charge in [-0.2, -0.15) is 9.98 Å². The van der Waals surface area contributed by atoms with E-state index in [9.17, 15) is 9.59 Å². The molecule has 1 aliphatic rings. The van der Waals surface area contributed by atoms with Gasteiger partial charge >= 0.3 is 0 Å². The number of carbonyl (C=O) groups excluding carboxylic acids is 2. The molecule has 1 rings (SSSR count). The molecule has 4 heteroatoms. The lowest BCUT2D eigenvalue weighted by Crippen LogP contribution is -1.97. The Morgan fingerprint density at radius 1 is 1.00 bits per heavy atom. The summed E-state index contributed by atoms with van der Waals surface area (Å²) < 4.78 is 0. The Kier molecular flexibility index (Phi) is 4.29. The minimum atomic E-state index is 0.732. The third-order valence-electron chi connectivity index (χ3n) is 2.05. The number of rotatable bonds is 2. The topological polar surface area (TPSA) is 58.9 Å². The number of hydrogen-bond acceptors (Lipinski definition) is 4. The molecule has 72 valence electrons. The Morgan fingerprint density at radius 2 is 1.50 bits per heavy atom. The highest BCUT2D eigenvalue weighted by atomic mass is 16.1. The van der Waals surface area contributed by atoms with Gasteiger partial charge in [0.25, 0.3) is 0 Å². The van der Waals surface area contributed by atoms with Crippen LogP contribution in [0.1, 0.15) is 25.7 Å². The predicted molar refractivity (Wildman–Crippen MR) is 50.9 cm³/mol. The molecule has 1 saturated carbocycles. The molecule has 0 N–H and O–H groups in total. The predicted octanol–water partition coefficient (Wildman–Crippen LogP) is 2.00. The summed E-state index contributed by atoms with van der Waals surface area (Å²) in [5.41, 5.74) is 2.15. The van der Waals surface area contributed by atoms with Crippen LogP contribution in [0, 0.1) is 0 Å². The molecule has 0 aromatic heterocycles. The van der Waals surface area contributed by atoms with Crippen LogP contribution < -0.4 is 0 Å². The summed E-state index contributed by atoms with van der Waals surface area (Å²) in [6, 6.07) is 0. The van der Waals surface area contributed by atoms with E-state index in [4.69, 9.17) is 0 Å². The van der Waals surface area contributed by atoms with Gasteiger partial charge < -0.3 is 0 Å². The van der Waals surface area contributed by atoms with Gasteiger partial charge in [0, 0.05) is 12.4 Å². The first-order chi connectivity index (χ1) is 6.86. The summed E-state index contributed by atoms with van der Waals surface area (Å²) in [6.07, 6.45) is 9.61. The van der Waals surface area contributed by atoms with Gasteiger partial charge in [-0.05, 0) is 36.8 Å². The standard InChI is InChI=1S/C10H10N2O2/c13-7-11-5-9-2-1-3-10(4-9)6-12-8-14/h5-6H,1-4H2. The molecule has 0 saturated heterocycles. The third-order valence-corrected chi connectivity index (χ3v) is 2.05. The molecule has 1 aliphatic carbocycles. The van der Waals surface area contributed by atoms with Crippen LogP contribution in [-0.2, 0) is 9.59 Å². The second kappa shape index (κ2) is 5.81. The van der Waals surface area contributed by atoms with Crippen LogP contribution in [0.2, 0.25) is 0 Å². The third kappa shape index (κ3) is 3.31. The molecule has 0 amide bonds. The Bertz CT molecular complexity index is 322. The van der Waals surface area contributed by atoms with Crippen molar-refractivity contribution in [2.75, 3.05) is 0 Å². The van der Waals surface area contributed by atoms with Gasteiger partial charge in [-0.15, -0.1) is 0 Å². The van der Waals surface area contributed by atoms with Gasteiger partial charge in [-0.25, -0.2) is 9.59 Å². The maximum atomic E-state index is 9.88. The fraction of sp³-hybridized carbons (Fsp3) is 0.400. The quantitative estimate of drug-likeness (QED) is 0.494. The molecular formula is C10H10N2O2. The summed E-state index contributed by atoms with van der Waals surface area (Å²) in [7, 11) is 0. The van der Waals surface area contributed by atoms with E-state index in [0.717, 1.165) is 36.8 Å². The Labute approximate surface area is 81.8 Å². The minimum absolute atomic E-state index is 0.732. The fourth-order valence-electron chi connectivity index (χ4n) is 1.47. The van der Waals surface area contributed by atoms with E-state index in [1.54, 1.807) is 0 Å². The first-order valence-corrected chi connectivity index (χ1v) is 4.36. The highest BCUT2D eigenvalue weighted by Crippen LogP contribution is 2.27. The number of isocyanates is 2. The summed E-state index contributed by atoms with van der Waals surface area (Å²) >= 11 is 0. The zero-order valence-electron chi connectivity index (χ0n) is 7.69. The number of aliphatic imine (C=N–C) groups is 2. The summed E-state index contributed by atoms with van der Waals surface area (Å²) in [4.78, 5) is 26.6. The molecule has 0 aliphatic heterocycles.